The van der Waals surface area contributed by atoms with Gasteiger partial charge in [-0.3, -0.25) is 4.57 Å². The van der Waals surface area contributed by atoms with Crippen LogP contribution in [0.3, 0.4) is 0 Å². The number of aromatic nitrogens is 4. The molecule has 1 saturated heterocycles. The van der Waals surface area contributed by atoms with Crippen molar-refractivity contribution in [2.45, 2.75) is 36.7 Å². The lowest BCUT2D eigenvalue weighted by atomic mass is 9.80. The zero-order valence-corrected chi connectivity index (χ0v) is 28.8. The molecule has 0 saturated carbocycles. The van der Waals surface area contributed by atoms with Crippen molar-refractivity contribution >= 4 is 17.0 Å². The molecular formula is C41H39N5O6. The molecule has 52 heavy (non-hydrogen) atoms. The van der Waals surface area contributed by atoms with Crippen LogP contribution in [0, 0.1) is 12.3 Å². The van der Waals surface area contributed by atoms with Gasteiger partial charge in [-0.1, -0.05) is 90.8 Å². The van der Waals surface area contributed by atoms with Gasteiger partial charge in [-0.05, 0) is 46.5 Å². The summed E-state index contributed by atoms with van der Waals surface area (Å²) < 4.78 is 32.5. The molecule has 2 N–H and O–H groups in total. The summed E-state index contributed by atoms with van der Waals surface area (Å²) >= 11 is 0. The number of rotatable bonds is 14. The third-order valence-corrected chi connectivity index (χ3v) is 9.24. The van der Waals surface area contributed by atoms with Gasteiger partial charge in [0.15, 0.2) is 23.2 Å². The van der Waals surface area contributed by atoms with Gasteiger partial charge in [0.05, 0.1) is 27.2 Å². The SMILES string of the molecule is C#CCO[C@@H]1[C@H](O)[C@H](n2cnc3c(NCc4ccccc4)ncnc32)O[C@@H]1COC(c1ccccc1)(c1ccc(OC)cc1)c1ccc(OC)cc1. The molecule has 0 radical (unpaired) electrons. The fraction of sp³-hybridized carbons (Fsp3) is 0.244. The van der Waals surface area contributed by atoms with Gasteiger partial charge in [0.25, 0.3) is 0 Å². The van der Waals surface area contributed by atoms with Gasteiger partial charge in [-0.2, -0.15) is 0 Å². The second-order valence-corrected chi connectivity index (χ2v) is 12.2. The minimum Gasteiger partial charge on any atom is -0.497 e. The van der Waals surface area contributed by atoms with Gasteiger partial charge in [0.1, 0.15) is 48.3 Å². The quantitative estimate of drug-likeness (QED) is 0.108. The Morgan fingerprint density at radius 1 is 0.827 bits per heavy atom. The molecular weight excluding hydrogens is 658 g/mol. The van der Waals surface area contributed by atoms with Gasteiger partial charge in [-0.25, -0.2) is 15.0 Å². The molecule has 0 amide bonds. The fourth-order valence-corrected chi connectivity index (χ4v) is 6.66. The Labute approximate surface area is 302 Å². The van der Waals surface area contributed by atoms with Gasteiger partial charge in [-0.15, -0.1) is 6.42 Å². The summed E-state index contributed by atoms with van der Waals surface area (Å²) in [6.45, 7) is 0.534. The first-order valence-corrected chi connectivity index (χ1v) is 16.9. The highest BCUT2D eigenvalue weighted by Crippen LogP contribution is 2.43. The van der Waals surface area contributed by atoms with Crippen molar-refractivity contribution in [1.29, 1.82) is 0 Å². The van der Waals surface area contributed by atoms with Crippen molar-refractivity contribution in [2.75, 3.05) is 32.8 Å². The number of hydrogen-bond acceptors (Lipinski definition) is 10. The van der Waals surface area contributed by atoms with Crippen molar-refractivity contribution in [1.82, 2.24) is 19.5 Å². The average Bonchev–Trinajstić information content (AvgIpc) is 3.78. The lowest BCUT2D eigenvalue weighted by Gasteiger charge is -2.37. The molecule has 1 aliphatic heterocycles. The van der Waals surface area contributed by atoms with Crippen LogP contribution < -0.4 is 14.8 Å². The molecule has 2 aromatic heterocycles. The Hall–Kier alpha value is -5.77. The summed E-state index contributed by atoms with van der Waals surface area (Å²) in [5.41, 5.74) is 3.60. The molecule has 0 spiro atoms. The molecule has 0 unspecified atom stereocenters. The van der Waals surface area contributed by atoms with Crippen molar-refractivity contribution in [2.24, 2.45) is 0 Å². The summed E-state index contributed by atoms with van der Waals surface area (Å²) in [6, 6.07) is 35.5. The van der Waals surface area contributed by atoms with Crippen LogP contribution in [0.15, 0.2) is 122 Å². The van der Waals surface area contributed by atoms with Crippen molar-refractivity contribution in [3.05, 3.63) is 144 Å². The first kappa shape index (κ1) is 34.7. The molecule has 4 atom stereocenters. The third kappa shape index (κ3) is 6.80. The molecule has 4 aromatic carbocycles. The molecule has 6 aromatic rings. The molecule has 7 rings (SSSR count). The minimum atomic E-state index is -1.14. The average molecular weight is 698 g/mol. The molecule has 11 nitrogen and oxygen atoms in total. The van der Waals surface area contributed by atoms with Gasteiger partial charge >= 0.3 is 0 Å². The summed E-state index contributed by atoms with van der Waals surface area (Å²) in [5.74, 6) is 4.50. The Balaban J connectivity index is 1.23. The Morgan fingerprint density at radius 2 is 1.44 bits per heavy atom. The maximum Gasteiger partial charge on any atom is 0.167 e. The highest BCUT2D eigenvalue weighted by Gasteiger charge is 2.48. The zero-order chi connectivity index (χ0) is 35.9. The van der Waals surface area contributed by atoms with E-state index in [9.17, 15) is 5.11 Å². The van der Waals surface area contributed by atoms with E-state index in [1.54, 1.807) is 25.1 Å². The zero-order valence-electron chi connectivity index (χ0n) is 28.8. The van der Waals surface area contributed by atoms with Crippen LogP contribution in [0.2, 0.25) is 0 Å². The smallest absolute Gasteiger partial charge is 0.167 e. The molecule has 11 heteroatoms. The van der Waals surface area contributed by atoms with E-state index in [1.807, 2.05) is 109 Å². The standard InChI is InChI=1S/C41H39N5O6/c1-4-23-50-37-34(52-40(36(37)47)46-27-45-35-38(43-26-44-39(35)46)42-24-28-11-7-5-8-12-28)25-51-41(29-13-9-6-10-14-29,30-15-19-32(48-2)20-16-30)31-17-21-33(49-3)22-18-31/h1,5-22,26-27,34,36-37,40,47H,23-25H2,2-3H3,(H,42,43,44)/t34-,36+,37+,40-/m1/s1. The molecule has 1 aliphatic rings. The monoisotopic (exact) mass is 697 g/mol. The van der Waals surface area contributed by atoms with Crippen LogP contribution in [-0.2, 0) is 26.4 Å². The number of methoxy groups -OCH3 is 2. The number of anilines is 1. The molecule has 1 fully saturated rings. The Morgan fingerprint density at radius 3 is 2.06 bits per heavy atom. The van der Waals surface area contributed by atoms with Crippen molar-refractivity contribution in [3.63, 3.8) is 0 Å². The van der Waals surface area contributed by atoms with E-state index in [0.29, 0.717) is 35.0 Å². The summed E-state index contributed by atoms with van der Waals surface area (Å²) in [6.07, 6.45) is 5.03. The van der Waals surface area contributed by atoms with E-state index in [4.69, 9.17) is 30.1 Å². The maximum absolute atomic E-state index is 11.8. The minimum absolute atomic E-state index is 0.0151. The number of hydrogen-bond donors (Lipinski definition) is 2. The third-order valence-electron chi connectivity index (χ3n) is 9.24. The predicted octanol–water partition coefficient (Wildman–Crippen LogP) is 5.74. The van der Waals surface area contributed by atoms with E-state index in [1.165, 1.54) is 6.33 Å². The molecule has 0 aliphatic carbocycles. The second kappa shape index (κ2) is 15.6. The lowest BCUT2D eigenvalue weighted by Crippen LogP contribution is -2.41. The van der Waals surface area contributed by atoms with E-state index in [-0.39, 0.29) is 13.2 Å². The highest BCUT2D eigenvalue weighted by molar-refractivity contribution is 5.82. The van der Waals surface area contributed by atoms with Gasteiger partial charge < -0.3 is 34.1 Å². The van der Waals surface area contributed by atoms with Crippen LogP contribution in [0.5, 0.6) is 11.5 Å². The second-order valence-electron chi connectivity index (χ2n) is 12.2. The maximum atomic E-state index is 11.8. The van der Waals surface area contributed by atoms with Gasteiger partial charge in [0, 0.05) is 6.54 Å². The number of fused-ring (bicyclic) bond motifs is 1. The van der Waals surface area contributed by atoms with E-state index in [2.05, 4.69) is 26.2 Å². The first-order chi connectivity index (χ1) is 25.5. The van der Waals surface area contributed by atoms with Crippen LogP contribution in [-0.4, -0.2) is 70.4 Å². The van der Waals surface area contributed by atoms with Crippen LogP contribution in [0.25, 0.3) is 11.2 Å². The number of imidazole rings is 1. The largest absolute Gasteiger partial charge is 0.497 e. The van der Waals surface area contributed by atoms with Crippen molar-refractivity contribution in [3.8, 4) is 23.8 Å². The first-order valence-electron chi connectivity index (χ1n) is 16.9. The molecule has 0 bridgehead atoms. The number of aliphatic hydroxyl groups is 1. The Bertz CT molecular complexity index is 2060. The topological polar surface area (TPSA) is 122 Å². The predicted molar refractivity (Wildman–Crippen MR) is 196 cm³/mol. The molecule has 3 heterocycles. The number of ether oxygens (including phenoxy) is 5. The lowest BCUT2D eigenvalue weighted by molar-refractivity contribution is -0.100. The number of nitrogens with one attached hydrogen (secondary N) is 1. The summed E-state index contributed by atoms with van der Waals surface area (Å²) in [7, 11) is 3.26. The van der Waals surface area contributed by atoms with E-state index >= 15 is 0 Å². The number of benzene rings is 4. The van der Waals surface area contributed by atoms with E-state index < -0.39 is 30.1 Å². The molecule has 264 valence electrons. The van der Waals surface area contributed by atoms with Crippen LogP contribution >= 0.6 is 0 Å². The van der Waals surface area contributed by atoms with E-state index in [0.717, 1.165) is 22.3 Å². The van der Waals surface area contributed by atoms with Gasteiger partial charge in [0.2, 0.25) is 0 Å². The van der Waals surface area contributed by atoms with Crippen LogP contribution in [0.1, 0.15) is 28.5 Å². The van der Waals surface area contributed by atoms with Crippen LogP contribution in [0.4, 0.5) is 5.82 Å². The number of terminal acetylenes is 1. The number of aliphatic hydroxyl groups excluding tert-OH is 1. The summed E-state index contributed by atoms with van der Waals surface area (Å²) in [5, 5.41) is 15.1. The fourth-order valence-electron chi connectivity index (χ4n) is 6.66. The normalized spacial score (nSPS) is 18.6. The highest BCUT2D eigenvalue weighted by atomic mass is 16.6. The van der Waals surface area contributed by atoms with Crippen molar-refractivity contribution < 1.29 is 28.8 Å². The number of nitrogens with zero attached hydrogens (tertiary/aromatic N) is 4. The Kier molecular flexibility index (Phi) is 10.4. The summed E-state index contributed by atoms with van der Waals surface area (Å²) in [4.78, 5) is 13.6.